The number of benzene rings is 1. The number of guanidine groups is 1. The van der Waals surface area contributed by atoms with Gasteiger partial charge in [0.05, 0.1) is 24.8 Å². The van der Waals surface area contributed by atoms with Crippen LogP contribution in [0, 0.1) is 0 Å². The summed E-state index contributed by atoms with van der Waals surface area (Å²) in [7, 11) is 0. The summed E-state index contributed by atoms with van der Waals surface area (Å²) in [6, 6.07) is 13.9. The number of pyridine rings is 2. The van der Waals surface area contributed by atoms with Gasteiger partial charge in [0.25, 0.3) is 0 Å². The molecule has 0 radical (unpaired) electrons. The minimum atomic E-state index is 0.536. The van der Waals surface area contributed by atoms with Gasteiger partial charge in [0, 0.05) is 24.3 Å². The van der Waals surface area contributed by atoms with E-state index in [4.69, 9.17) is 4.74 Å². The predicted molar refractivity (Wildman–Crippen MR) is 104 cm³/mol. The lowest BCUT2D eigenvalue weighted by Crippen LogP contribution is -2.39. The third kappa shape index (κ3) is 4.92. The molecule has 0 aliphatic heterocycles. The quantitative estimate of drug-likeness (QED) is 0.390. The van der Waals surface area contributed by atoms with E-state index in [0.717, 1.165) is 34.7 Å². The summed E-state index contributed by atoms with van der Waals surface area (Å²) in [4.78, 5) is 13.1. The molecule has 0 amide bonds. The third-order valence-electron chi connectivity index (χ3n) is 3.79. The van der Waals surface area contributed by atoms with E-state index in [1.165, 1.54) is 0 Å². The molecule has 0 aliphatic carbocycles. The molecule has 2 heterocycles. The third-order valence-corrected chi connectivity index (χ3v) is 3.79. The fraction of sp³-hybridized carbons (Fsp3) is 0.250. The maximum Gasteiger partial charge on any atom is 0.191 e. The van der Waals surface area contributed by atoms with Crippen LogP contribution in [0.25, 0.3) is 10.9 Å². The predicted octanol–water partition coefficient (Wildman–Crippen LogP) is 2.76. The van der Waals surface area contributed by atoms with Gasteiger partial charge in [-0.15, -0.1) is 0 Å². The first-order valence-corrected chi connectivity index (χ1v) is 8.74. The molecule has 1 aromatic carbocycles. The second-order valence-corrected chi connectivity index (χ2v) is 5.65. The van der Waals surface area contributed by atoms with E-state index in [1.54, 1.807) is 12.4 Å². The molecule has 3 aromatic rings. The maximum atomic E-state index is 5.64. The smallest absolute Gasteiger partial charge is 0.191 e. The molecule has 3 rings (SSSR count). The van der Waals surface area contributed by atoms with E-state index in [0.29, 0.717) is 19.7 Å². The van der Waals surface area contributed by atoms with E-state index in [2.05, 4.69) is 31.7 Å². The number of aromatic nitrogens is 2. The number of aliphatic imine (C=N–C) groups is 1. The highest BCUT2D eigenvalue weighted by Gasteiger charge is 2.02. The topological polar surface area (TPSA) is 71.4 Å². The average molecular weight is 349 g/mol. The average Bonchev–Trinajstić information content (AvgIpc) is 2.70. The standard InChI is InChI=1S/C20H23N5O/c1-2-22-20(24-12-13-26-17-6-5-10-21-15-17)25-14-16-9-11-23-19-8-4-3-7-18(16)19/h3-11,15H,2,12-14H2,1H3,(H2,22,24,25). The summed E-state index contributed by atoms with van der Waals surface area (Å²) in [6.45, 7) is 4.62. The highest BCUT2D eigenvalue weighted by Crippen LogP contribution is 2.16. The first-order valence-electron chi connectivity index (χ1n) is 8.74. The molecule has 0 spiro atoms. The molecular weight excluding hydrogens is 326 g/mol. The second-order valence-electron chi connectivity index (χ2n) is 5.65. The maximum absolute atomic E-state index is 5.64. The molecule has 0 saturated heterocycles. The zero-order chi connectivity index (χ0) is 18.0. The SMILES string of the molecule is CCNC(=NCc1ccnc2ccccc12)NCCOc1cccnc1. The number of nitrogens with one attached hydrogen (secondary N) is 2. The first kappa shape index (κ1) is 17.7. The summed E-state index contributed by atoms with van der Waals surface area (Å²) in [5.41, 5.74) is 2.14. The number of fused-ring (bicyclic) bond motifs is 1. The van der Waals surface area contributed by atoms with E-state index < -0.39 is 0 Å². The van der Waals surface area contributed by atoms with Gasteiger partial charge >= 0.3 is 0 Å². The number of hydrogen-bond acceptors (Lipinski definition) is 4. The van der Waals surface area contributed by atoms with Crippen LogP contribution in [0.2, 0.25) is 0 Å². The Kier molecular flexibility index (Phi) is 6.36. The van der Waals surface area contributed by atoms with Crippen LogP contribution in [-0.4, -0.2) is 35.6 Å². The minimum Gasteiger partial charge on any atom is -0.490 e. The summed E-state index contributed by atoms with van der Waals surface area (Å²) >= 11 is 0. The van der Waals surface area contributed by atoms with Crippen molar-refractivity contribution in [3.63, 3.8) is 0 Å². The van der Waals surface area contributed by atoms with E-state index in [-0.39, 0.29) is 0 Å². The van der Waals surface area contributed by atoms with Crippen molar-refractivity contribution in [3.05, 3.63) is 66.6 Å². The Balaban J connectivity index is 1.58. The lowest BCUT2D eigenvalue weighted by atomic mass is 10.1. The molecule has 26 heavy (non-hydrogen) atoms. The zero-order valence-corrected chi connectivity index (χ0v) is 14.9. The first-order chi connectivity index (χ1) is 12.9. The van der Waals surface area contributed by atoms with Gasteiger partial charge < -0.3 is 15.4 Å². The Morgan fingerprint density at radius 1 is 1.08 bits per heavy atom. The molecular formula is C20H23N5O. The Bertz CT molecular complexity index is 846. The highest BCUT2D eigenvalue weighted by atomic mass is 16.5. The molecule has 0 atom stereocenters. The number of ether oxygens (including phenoxy) is 1. The number of nitrogens with zero attached hydrogens (tertiary/aromatic N) is 3. The van der Waals surface area contributed by atoms with Crippen molar-refractivity contribution in [2.24, 2.45) is 4.99 Å². The molecule has 2 aromatic heterocycles. The molecule has 0 saturated carbocycles. The molecule has 0 aliphatic rings. The van der Waals surface area contributed by atoms with Crippen molar-refractivity contribution in [2.75, 3.05) is 19.7 Å². The summed E-state index contributed by atoms with van der Waals surface area (Å²) in [5.74, 6) is 1.53. The van der Waals surface area contributed by atoms with E-state index >= 15 is 0 Å². The van der Waals surface area contributed by atoms with Crippen LogP contribution >= 0.6 is 0 Å². The van der Waals surface area contributed by atoms with Crippen molar-refractivity contribution in [1.29, 1.82) is 0 Å². The second kappa shape index (κ2) is 9.36. The van der Waals surface area contributed by atoms with Crippen LogP contribution in [0.3, 0.4) is 0 Å². The van der Waals surface area contributed by atoms with Crippen LogP contribution in [0.5, 0.6) is 5.75 Å². The van der Waals surface area contributed by atoms with Gasteiger partial charge in [-0.25, -0.2) is 4.99 Å². The van der Waals surface area contributed by atoms with Crippen molar-refractivity contribution in [1.82, 2.24) is 20.6 Å². The van der Waals surface area contributed by atoms with Crippen molar-refractivity contribution in [2.45, 2.75) is 13.5 Å². The molecule has 2 N–H and O–H groups in total. The van der Waals surface area contributed by atoms with Crippen LogP contribution in [0.1, 0.15) is 12.5 Å². The van der Waals surface area contributed by atoms with Crippen LogP contribution in [0.4, 0.5) is 0 Å². The van der Waals surface area contributed by atoms with Crippen LogP contribution < -0.4 is 15.4 Å². The number of hydrogen-bond donors (Lipinski definition) is 2. The highest BCUT2D eigenvalue weighted by molar-refractivity contribution is 5.83. The molecule has 0 fully saturated rings. The molecule has 0 bridgehead atoms. The van der Waals surface area contributed by atoms with E-state index in [1.807, 2.05) is 49.5 Å². The largest absolute Gasteiger partial charge is 0.490 e. The van der Waals surface area contributed by atoms with Gasteiger partial charge in [0.2, 0.25) is 0 Å². The van der Waals surface area contributed by atoms with Gasteiger partial charge in [0.1, 0.15) is 12.4 Å². The normalized spacial score (nSPS) is 11.3. The molecule has 6 heteroatoms. The number of rotatable bonds is 7. The monoisotopic (exact) mass is 349 g/mol. The van der Waals surface area contributed by atoms with Gasteiger partial charge in [-0.3, -0.25) is 9.97 Å². The Morgan fingerprint density at radius 2 is 2.00 bits per heavy atom. The van der Waals surface area contributed by atoms with Gasteiger partial charge in [-0.1, -0.05) is 18.2 Å². The Labute approximate surface area is 153 Å². The summed E-state index contributed by atoms with van der Waals surface area (Å²) < 4.78 is 5.64. The fourth-order valence-corrected chi connectivity index (χ4v) is 2.57. The number of para-hydroxylation sites is 1. The summed E-state index contributed by atoms with van der Waals surface area (Å²) in [6.07, 6.45) is 5.26. The van der Waals surface area contributed by atoms with Gasteiger partial charge in [-0.05, 0) is 36.8 Å². The van der Waals surface area contributed by atoms with Gasteiger partial charge in [0.15, 0.2) is 5.96 Å². The molecule has 134 valence electrons. The van der Waals surface area contributed by atoms with E-state index in [9.17, 15) is 0 Å². The lowest BCUT2D eigenvalue weighted by Gasteiger charge is -2.12. The van der Waals surface area contributed by atoms with Crippen molar-refractivity contribution >= 4 is 16.9 Å². The molecule has 6 nitrogen and oxygen atoms in total. The fourth-order valence-electron chi connectivity index (χ4n) is 2.57. The molecule has 0 unspecified atom stereocenters. The van der Waals surface area contributed by atoms with Crippen LogP contribution in [-0.2, 0) is 6.54 Å². The Hall–Kier alpha value is -3.15. The minimum absolute atomic E-state index is 0.536. The van der Waals surface area contributed by atoms with Gasteiger partial charge in [-0.2, -0.15) is 0 Å². The lowest BCUT2D eigenvalue weighted by molar-refractivity contribution is 0.320. The van der Waals surface area contributed by atoms with Crippen molar-refractivity contribution in [3.8, 4) is 5.75 Å². The van der Waals surface area contributed by atoms with Crippen LogP contribution in [0.15, 0.2) is 66.0 Å². The zero-order valence-electron chi connectivity index (χ0n) is 14.9. The summed E-state index contributed by atoms with van der Waals surface area (Å²) in [5, 5.41) is 7.68. The van der Waals surface area contributed by atoms with Crippen molar-refractivity contribution < 1.29 is 4.74 Å². The Morgan fingerprint density at radius 3 is 2.85 bits per heavy atom.